The van der Waals surface area contributed by atoms with Crippen LogP contribution in [0.1, 0.15) is 85.3 Å². The van der Waals surface area contributed by atoms with E-state index < -0.39 is 0 Å². The molecule has 0 radical (unpaired) electrons. The molecule has 0 saturated heterocycles. The number of hydrogen-bond donors (Lipinski definition) is 2. The van der Waals surface area contributed by atoms with Gasteiger partial charge < -0.3 is 10.6 Å². The van der Waals surface area contributed by atoms with Gasteiger partial charge in [0.25, 0.3) is 5.91 Å². The Labute approximate surface area is 212 Å². The van der Waals surface area contributed by atoms with Crippen LogP contribution in [0.25, 0.3) is 0 Å². The summed E-state index contributed by atoms with van der Waals surface area (Å²) < 4.78 is 0. The highest BCUT2D eigenvalue weighted by Crippen LogP contribution is 2.43. The summed E-state index contributed by atoms with van der Waals surface area (Å²) in [4.78, 5) is 21.5. The number of nitriles is 1. The first kappa shape index (κ1) is 24.1. The first-order valence-corrected chi connectivity index (χ1v) is 14.0. The molecule has 2 aromatic rings. The molecule has 1 aromatic heterocycles. The second-order valence-corrected chi connectivity index (χ2v) is 11.6. The van der Waals surface area contributed by atoms with Crippen LogP contribution in [0.15, 0.2) is 29.2 Å². The molecule has 0 spiro atoms. The van der Waals surface area contributed by atoms with Crippen molar-refractivity contribution in [2.75, 3.05) is 23.0 Å². The monoisotopic (exact) mass is 489 g/mol. The zero-order valence-electron chi connectivity index (χ0n) is 21.0. The van der Waals surface area contributed by atoms with Crippen molar-refractivity contribution < 1.29 is 4.79 Å². The third kappa shape index (κ3) is 4.92. The van der Waals surface area contributed by atoms with E-state index in [0.717, 1.165) is 29.4 Å². The summed E-state index contributed by atoms with van der Waals surface area (Å²) in [7, 11) is 0. The predicted octanol–water partition coefficient (Wildman–Crippen LogP) is 5.84. The fraction of sp³-hybridized carbons (Fsp3) is 0.536. The molecule has 2 aliphatic carbocycles. The molecule has 2 heterocycles. The highest BCUT2D eigenvalue weighted by atomic mass is 32.2. The van der Waals surface area contributed by atoms with Crippen LogP contribution in [-0.4, -0.2) is 29.2 Å². The second kappa shape index (κ2) is 9.83. The van der Waals surface area contributed by atoms with E-state index in [1.807, 2.05) is 4.90 Å². The van der Waals surface area contributed by atoms with Gasteiger partial charge in [0.15, 0.2) is 0 Å². The molecule has 2 fully saturated rings. The first-order valence-electron chi connectivity index (χ1n) is 12.8. The Balaban J connectivity index is 1.42. The van der Waals surface area contributed by atoms with E-state index >= 15 is 0 Å². The number of hydrogen-bond acceptors (Lipinski definition) is 6. The Hall–Kier alpha value is -2.56. The van der Waals surface area contributed by atoms with Gasteiger partial charge in [-0.2, -0.15) is 5.26 Å². The molecule has 1 aromatic carbocycles. The Morgan fingerprint density at radius 2 is 2.06 bits per heavy atom. The summed E-state index contributed by atoms with van der Waals surface area (Å²) in [5.41, 5.74) is 4.54. The lowest BCUT2D eigenvalue weighted by atomic mass is 9.72. The Morgan fingerprint density at radius 3 is 2.71 bits per heavy atom. The molecular formula is C28H35N5OS. The predicted molar refractivity (Wildman–Crippen MR) is 142 cm³/mol. The van der Waals surface area contributed by atoms with Gasteiger partial charge in [-0.15, -0.1) is 11.8 Å². The van der Waals surface area contributed by atoms with Gasteiger partial charge >= 0.3 is 0 Å². The standard InChI is InChI=1S/C28H35N5OS/c1-18-10-20(11-18)21-14-25(30-9-5-8-29)32-26(15-21)33-17-23-22(27(33)34)12-19(13-24(23)35-3)16-31-28(2)6-4-7-28/h12-15,18,20,31H,4-7,9-11,16-17H2,1-3H3,(H,30,32). The Kier molecular flexibility index (Phi) is 6.78. The summed E-state index contributed by atoms with van der Waals surface area (Å²) in [5, 5.41) is 15.9. The van der Waals surface area contributed by atoms with Crippen molar-refractivity contribution in [3.63, 3.8) is 0 Å². The van der Waals surface area contributed by atoms with Gasteiger partial charge in [-0.05, 0) is 98.1 Å². The van der Waals surface area contributed by atoms with Gasteiger partial charge in [-0.3, -0.25) is 9.69 Å². The maximum Gasteiger partial charge on any atom is 0.260 e. The van der Waals surface area contributed by atoms with Gasteiger partial charge in [0.2, 0.25) is 0 Å². The van der Waals surface area contributed by atoms with Crippen LogP contribution in [0.5, 0.6) is 0 Å². The van der Waals surface area contributed by atoms with Crippen molar-refractivity contribution in [2.45, 2.75) is 81.8 Å². The van der Waals surface area contributed by atoms with Crippen LogP contribution in [0, 0.1) is 17.2 Å². The van der Waals surface area contributed by atoms with E-state index in [1.165, 1.54) is 48.1 Å². The molecule has 7 heteroatoms. The maximum absolute atomic E-state index is 13.7. The molecule has 5 rings (SSSR count). The second-order valence-electron chi connectivity index (χ2n) is 10.7. The SMILES string of the molecule is CSc1cc(CNC2(C)CCC2)cc2c1CN(c1cc(C3CC(C)C3)cc(NCCC#N)n1)C2=O. The zero-order chi connectivity index (χ0) is 24.6. The van der Waals surface area contributed by atoms with Crippen LogP contribution in [0.3, 0.4) is 0 Å². The number of nitrogens with zero attached hydrogens (tertiary/aromatic N) is 3. The molecule has 1 amide bonds. The number of rotatable bonds is 9. The zero-order valence-corrected chi connectivity index (χ0v) is 21.8. The van der Waals surface area contributed by atoms with Gasteiger partial charge in [-0.25, -0.2) is 4.98 Å². The number of amides is 1. The van der Waals surface area contributed by atoms with Crippen molar-refractivity contribution in [3.05, 3.63) is 46.5 Å². The molecule has 2 N–H and O–H groups in total. The number of aromatic nitrogens is 1. The lowest BCUT2D eigenvalue weighted by molar-refractivity contribution is 0.0996. The van der Waals surface area contributed by atoms with Crippen molar-refractivity contribution in [2.24, 2.45) is 5.92 Å². The normalized spacial score (nSPS) is 22.2. The number of benzene rings is 1. The minimum Gasteiger partial charge on any atom is -0.369 e. The molecule has 6 nitrogen and oxygen atoms in total. The largest absolute Gasteiger partial charge is 0.369 e. The van der Waals surface area contributed by atoms with Crippen LogP contribution in [0.4, 0.5) is 11.6 Å². The lowest BCUT2D eigenvalue weighted by Gasteiger charge is -2.39. The molecule has 0 bridgehead atoms. The molecule has 2 saturated carbocycles. The fourth-order valence-electron chi connectivity index (χ4n) is 5.52. The first-order chi connectivity index (χ1) is 16.9. The smallest absolute Gasteiger partial charge is 0.260 e. The highest BCUT2D eigenvalue weighted by molar-refractivity contribution is 7.98. The quantitative estimate of drug-likeness (QED) is 0.340. The summed E-state index contributed by atoms with van der Waals surface area (Å²) in [6.07, 6.45) is 8.56. The number of anilines is 2. The summed E-state index contributed by atoms with van der Waals surface area (Å²) in [6.45, 7) is 6.45. The Bertz CT molecular complexity index is 1160. The van der Waals surface area contributed by atoms with E-state index in [-0.39, 0.29) is 11.4 Å². The van der Waals surface area contributed by atoms with Gasteiger partial charge in [0.05, 0.1) is 19.0 Å². The number of carbonyl (C=O) groups excluding carboxylic acids is 1. The summed E-state index contributed by atoms with van der Waals surface area (Å²) in [6, 6.07) is 10.7. The number of pyridine rings is 1. The molecule has 1 aliphatic heterocycles. The molecule has 3 aliphatic rings. The third-order valence-corrected chi connectivity index (χ3v) is 8.76. The molecule has 184 valence electrons. The van der Waals surface area contributed by atoms with Crippen molar-refractivity contribution in [3.8, 4) is 6.07 Å². The van der Waals surface area contributed by atoms with Crippen molar-refractivity contribution in [1.29, 1.82) is 5.26 Å². The van der Waals surface area contributed by atoms with Crippen molar-refractivity contribution in [1.82, 2.24) is 10.3 Å². The van der Waals surface area contributed by atoms with Crippen LogP contribution >= 0.6 is 11.8 Å². The van der Waals surface area contributed by atoms with Crippen LogP contribution in [0.2, 0.25) is 0 Å². The number of fused-ring (bicyclic) bond motifs is 1. The number of carbonyl (C=O) groups is 1. The third-order valence-electron chi connectivity index (χ3n) is 7.96. The van der Waals surface area contributed by atoms with Crippen LogP contribution < -0.4 is 15.5 Å². The summed E-state index contributed by atoms with van der Waals surface area (Å²) in [5.74, 6) is 2.73. The Morgan fingerprint density at radius 1 is 1.26 bits per heavy atom. The summed E-state index contributed by atoms with van der Waals surface area (Å²) >= 11 is 1.71. The van der Waals surface area contributed by atoms with Crippen LogP contribution in [-0.2, 0) is 13.1 Å². The van der Waals surface area contributed by atoms with E-state index in [9.17, 15) is 4.79 Å². The number of nitrogens with one attached hydrogen (secondary N) is 2. The van der Waals surface area contributed by atoms with Gasteiger partial charge in [0, 0.05) is 29.1 Å². The van der Waals surface area contributed by atoms with Gasteiger partial charge in [0.1, 0.15) is 11.6 Å². The van der Waals surface area contributed by atoms with E-state index in [0.29, 0.717) is 31.2 Å². The molecule has 35 heavy (non-hydrogen) atoms. The molecular weight excluding hydrogens is 454 g/mol. The van der Waals surface area contributed by atoms with E-state index in [2.05, 4.69) is 61.1 Å². The van der Waals surface area contributed by atoms with Gasteiger partial charge in [-0.1, -0.05) is 6.92 Å². The average molecular weight is 490 g/mol. The minimum absolute atomic E-state index is 0.0293. The topological polar surface area (TPSA) is 81.0 Å². The minimum atomic E-state index is 0.0293. The average Bonchev–Trinajstić information content (AvgIpc) is 3.15. The number of thioether (sulfide) groups is 1. The van der Waals surface area contributed by atoms with E-state index in [4.69, 9.17) is 10.2 Å². The molecule has 0 atom stereocenters. The fourth-order valence-corrected chi connectivity index (χ4v) is 6.21. The molecule has 0 unspecified atom stereocenters. The lowest BCUT2D eigenvalue weighted by Crippen LogP contribution is -2.47. The highest BCUT2D eigenvalue weighted by Gasteiger charge is 2.35. The van der Waals surface area contributed by atoms with Crippen molar-refractivity contribution >= 4 is 29.3 Å². The van der Waals surface area contributed by atoms with E-state index in [1.54, 1.807) is 11.8 Å². The maximum atomic E-state index is 13.7.